The number of benzene rings is 3. The molecule has 1 aliphatic heterocycles. The highest BCUT2D eigenvalue weighted by Gasteiger charge is 2.47. The Hall–Kier alpha value is -3.08. The van der Waals surface area contributed by atoms with Crippen LogP contribution in [0.15, 0.2) is 54.7 Å². The Morgan fingerprint density at radius 1 is 0.941 bits per heavy atom. The molecule has 2 nitrogen and oxygen atoms in total. The van der Waals surface area contributed by atoms with Crippen molar-refractivity contribution in [2.24, 2.45) is 10.8 Å². The molecular formula is C29H28F3NO. The van der Waals surface area contributed by atoms with Gasteiger partial charge in [-0.25, -0.2) is 0 Å². The maximum atomic E-state index is 13.9. The summed E-state index contributed by atoms with van der Waals surface area (Å²) in [6, 6.07) is 14.7. The molecule has 0 radical (unpaired) electrons. The number of hydrogen-bond donors (Lipinski definition) is 0. The number of alkyl halides is 3. The molecule has 5 heteroatoms. The number of halogens is 3. The van der Waals surface area contributed by atoms with Gasteiger partial charge in [0.15, 0.2) is 0 Å². The first kappa shape index (κ1) is 20.3. The maximum absolute atomic E-state index is 13.9. The van der Waals surface area contributed by atoms with E-state index in [1.807, 2.05) is 30.3 Å². The zero-order valence-electron chi connectivity index (χ0n) is 21.9. The van der Waals surface area contributed by atoms with Crippen LogP contribution in [-0.4, -0.2) is 11.2 Å². The van der Waals surface area contributed by atoms with Gasteiger partial charge in [0.05, 0.1) is 16.5 Å². The van der Waals surface area contributed by atoms with Crippen molar-refractivity contribution >= 4 is 21.5 Å². The third kappa shape index (κ3) is 3.81. The summed E-state index contributed by atoms with van der Waals surface area (Å²) in [6.45, 7) is 8.21. The second-order valence-corrected chi connectivity index (χ2v) is 10.8. The van der Waals surface area contributed by atoms with Crippen LogP contribution in [0, 0.1) is 10.8 Å². The highest BCUT2D eigenvalue weighted by Crippen LogP contribution is 2.51. The van der Waals surface area contributed by atoms with Crippen molar-refractivity contribution < 1.29 is 20.6 Å². The molecule has 0 N–H and O–H groups in total. The van der Waals surface area contributed by atoms with Gasteiger partial charge in [0.2, 0.25) is 0 Å². The minimum atomic E-state index is -4.74. The second kappa shape index (κ2) is 7.46. The summed E-state index contributed by atoms with van der Waals surface area (Å²) in [6.07, 6.45) is -5.11. The topological polar surface area (TPSA) is 22.1 Å². The molecule has 4 aromatic rings. The second-order valence-electron chi connectivity index (χ2n) is 10.8. The van der Waals surface area contributed by atoms with Crippen LogP contribution in [0.25, 0.3) is 32.8 Å². The zero-order valence-corrected chi connectivity index (χ0v) is 19.9. The van der Waals surface area contributed by atoms with E-state index in [9.17, 15) is 13.2 Å². The van der Waals surface area contributed by atoms with E-state index in [-0.39, 0.29) is 11.0 Å². The Bertz CT molecular complexity index is 1520. The number of aromatic nitrogens is 1. The SMILES string of the molecule is [2H]C([2H])(c1cc2c3c(nccc3c1)-c1cc3ccccc3c(CC(C)(C)C)c1O2)C(C)(C)C(F)(F)F. The summed E-state index contributed by atoms with van der Waals surface area (Å²) >= 11 is 0. The fourth-order valence-electron chi connectivity index (χ4n) is 4.58. The van der Waals surface area contributed by atoms with Crippen molar-refractivity contribution in [2.45, 2.75) is 53.6 Å². The van der Waals surface area contributed by atoms with E-state index in [4.69, 9.17) is 7.48 Å². The van der Waals surface area contributed by atoms with E-state index in [0.29, 0.717) is 34.4 Å². The monoisotopic (exact) mass is 465 g/mol. The van der Waals surface area contributed by atoms with Crippen molar-refractivity contribution in [3.05, 3.63) is 65.9 Å². The third-order valence-electron chi connectivity index (χ3n) is 6.27. The van der Waals surface area contributed by atoms with E-state index in [1.165, 1.54) is 12.1 Å². The average molecular weight is 466 g/mol. The first-order valence-corrected chi connectivity index (χ1v) is 11.3. The van der Waals surface area contributed by atoms with Gasteiger partial charge in [-0.1, -0.05) is 65.0 Å². The molecule has 0 spiro atoms. The number of pyridine rings is 1. The summed E-state index contributed by atoms with van der Waals surface area (Å²) in [5, 5.41) is 3.37. The lowest BCUT2D eigenvalue weighted by Crippen LogP contribution is -2.34. The van der Waals surface area contributed by atoms with Gasteiger partial charge in [-0.2, -0.15) is 13.2 Å². The Balaban J connectivity index is 1.80. The quantitative estimate of drug-likeness (QED) is 0.265. The van der Waals surface area contributed by atoms with Gasteiger partial charge in [0, 0.05) is 20.1 Å². The number of nitrogens with zero attached hydrogens (tertiary/aromatic N) is 1. The molecule has 0 saturated heterocycles. The van der Waals surface area contributed by atoms with Gasteiger partial charge >= 0.3 is 6.18 Å². The largest absolute Gasteiger partial charge is 0.456 e. The van der Waals surface area contributed by atoms with Crippen LogP contribution in [0.4, 0.5) is 13.2 Å². The Labute approximate surface area is 200 Å². The summed E-state index contributed by atoms with van der Waals surface area (Å²) in [5.41, 5.74) is -0.229. The predicted octanol–water partition coefficient (Wildman–Crippen LogP) is 8.88. The molecule has 0 atom stereocenters. The van der Waals surface area contributed by atoms with E-state index in [0.717, 1.165) is 35.7 Å². The molecular weight excluding hydrogens is 435 g/mol. The maximum Gasteiger partial charge on any atom is 0.394 e. The Morgan fingerprint density at radius 2 is 1.68 bits per heavy atom. The first-order valence-electron chi connectivity index (χ1n) is 12.3. The van der Waals surface area contributed by atoms with E-state index >= 15 is 0 Å². The minimum absolute atomic E-state index is 0.0585. The molecule has 0 saturated carbocycles. The van der Waals surface area contributed by atoms with E-state index < -0.39 is 18.0 Å². The van der Waals surface area contributed by atoms with Crippen molar-refractivity contribution in [3.8, 4) is 22.8 Å². The lowest BCUT2D eigenvalue weighted by Gasteiger charge is -2.29. The fraction of sp³-hybridized carbons (Fsp3) is 0.345. The molecule has 3 aromatic carbocycles. The standard InChI is InChI=1S/C29H28F3NO/c1-27(2,3)16-22-20-9-7-6-8-18(20)14-21-25-24-19(10-11-33-25)12-17(13-23(24)34-26(21)22)15-28(4,5)29(30,31)32/h6-14H,15-16H2,1-5H3/i15D2. The molecule has 0 bridgehead atoms. The highest BCUT2D eigenvalue weighted by atomic mass is 19.4. The molecule has 0 amide bonds. The summed E-state index contributed by atoms with van der Waals surface area (Å²) < 4.78 is 65.1. The van der Waals surface area contributed by atoms with Crippen LogP contribution >= 0.6 is 0 Å². The minimum Gasteiger partial charge on any atom is -0.456 e. The molecule has 0 aliphatic carbocycles. The Kier molecular flexibility index (Phi) is 4.46. The number of rotatable bonds is 3. The molecule has 0 fully saturated rings. The summed E-state index contributed by atoms with van der Waals surface area (Å²) in [7, 11) is 0. The molecule has 5 rings (SSSR count). The van der Waals surface area contributed by atoms with Crippen molar-refractivity contribution in [1.82, 2.24) is 4.98 Å². The van der Waals surface area contributed by atoms with Gasteiger partial charge in [-0.15, -0.1) is 0 Å². The lowest BCUT2D eigenvalue weighted by atomic mass is 9.82. The van der Waals surface area contributed by atoms with Crippen LogP contribution in [0.2, 0.25) is 0 Å². The molecule has 1 aromatic heterocycles. The molecule has 1 aliphatic rings. The Morgan fingerprint density at radius 3 is 2.38 bits per heavy atom. The number of fused-ring (bicyclic) bond motifs is 3. The van der Waals surface area contributed by atoms with Crippen molar-refractivity contribution in [1.29, 1.82) is 0 Å². The van der Waals surface area contributed by atoms with Crippen LogP contribution < -0.4 is 4.74 Å². The van der Waals surface area contributed by atoms with Gasteiger partial charge in [-0.05, 0) is 58.1 Å². The summed E-state index contributed by atoms with van der Waals surface area (Å²) in [5.74, 6) is 0.953. The van der Waals surface area contributed by atoms with E-state index in [1.54, 1.807) is 12.3 Å². The van der Waals surface area contributed by atoms with Gasteiger partial charge in [-0.3, -0.25) is 4.98 Å². The van der Waals surface area contributed by atoms with Crippen LogP contribution in [-0.2, 0) is 12.8 Å². The highest BCUT2D eigenvalue weighted by molar-refractivity contribution is 6.06. The van der Waals surface area contributed by atoms with Crippen LogP contribution in [0.3, 0.4) is 0 Å². The predicted molar refractivity (Wildman–Crippen MR) is 131 cm³/mol. The van der Waals surface area contributed by atoms with Crippen LogP contribution in [0.5, 0.6) is 11.5 Å². The number of ether oxygens (including phenoxy) is 1. The fourth-order valence-corrected chi connectivity index (χ4v) is 4.58. The normalized spacial score (nSPS) is 15.1. The lowest BCUT2D eigenvalue weighted by molar-refractivity contribution is -0.211. The molecule has 34 heavy (non-hydrogen) atoms. The van der Waals surface area contributed by atoms with Crippen LogP contribution in [0.1, 0.15) is 48.5 Å². The zero-order chi connectivity index (χ0) is 26.3. The van der Waals surface area contributed by atoms with Gasteiger partial charge in [0.1, 0.15) is 11.5 Å². The number of hydrogen-bond acceptors (Lipinski definition) is 2. The van der Waals surface area contributed by atoms with Crippen molar-refractivity contribution in [2.75, 3.05) is 0 Å². The van der Waals surface area contributed by atoms with Crippen molar-refractivity contribution in [3.63, 3.8) is 0 Å². The first-order chi connectivity index (χ1) is 16.6. The average Bonchev–Trinajstić information content (AvgIpc) is 2.78. The molecule has 0 unspecified atom stereocenters. The molecule has 2 heterocycles. The van der Waals surface area contributed by atoms with Gasteiger partial charge < -0.3 is 4.74 Å². The third-order valence-corrected chi connectivity index (χ3v) is 6.27. The van der Waals surface area contributed by atoms with Gasteiger partial charge in [0.25, 0.3) is 0 Å². The molecule has 176 valence electrons. The smallest absolute Gasteiger partial charge is 0.394 e. The van der Waals surface area contributed by atoms with E-state index in [2.05, 4.69) is 25.8 Å². The summed E-state index contributed by atoms with van der Waals surface area (Å²) in [4.78, 5) is 4.65.